The third kappa shape index (κ3) is 2.40. The molecule has 1 nitrogen and oxygen atoms in total. The van der Waals surface area contributed by atoms with Crippen molar-refractivity contribution in [2.24, 2.45) is 0 Å². The second-order valence-electron chi connectivity index (χ2n) is 4.99. The van der Waals surface area contributed by atoms with Gasteiger partial charge in [-0.3, -0.25) is 4.48 Å². The Balaban J connectivity index is 2.58. The van der Waals surface area contributed by atoms with Crippen LogP contribution in [0.1, 0.15) is 12.0 Å². The van der Waals surface area contributed by atoms with Crippen LogP contribution >= 0.6 is 11.6 Å². The summed E-state index contributed by atoms with van der Waals surface area (Å²) in [6.07, 6.45) is -4.20. The Morgan fingerprint density at radius 3 is 2.17 bits per heavy atom. The first-order chi connectivity index (χ1) is 8.22. The molecule has 1 heterocycles. The first-order valence-electron chi connectivity index (χ1n) is 5.62. The normalized spacial score (nSPS) is 19.4. The molecular formula is C13H14ClF3N+. The quantitative estimate of drug-likeness (QED) is 0.678. The van der Waals surface area contributed by atoms with Crippen molar-refractivity contribution >= 4 is 17.3 Å². The van der Waals surface area contributed by atoms with Gasteiger partial charge >= 0.3 is 6.18 Å². The molecule has 2 rings (SSSR count). The number of hydrogen-bond acceptors (Lipinski definition) is 0. The fourth-order valence-corrected chi connectivity index (χ4v) is 2.52. The van der Waals surface area contributed by atoms with E-state index in [0.29, 0.717) is 22.8 Å². The van der Waals surface area contributed by atoms with Gasteiger partial charge in [-0.1, -0.05) is 11.6 Å². The molecule has 0 aliphatic carbocycles. The monoisotopic (exact) mass is 276 g/mol. The van der Waals surface area contributed by atoms with Crippen molar-refractivity contribution in [3.8, 4) is 0 Å². The highest BCUT2D eigenvalue weighted by molar-refractivity contribution is 6.30. The molecule has 0 fully saturated rings. The summed E-state index contributed by atoms with van der Waals surface area (Å²) in [5, 5.41) is 0.524. The van der Waals surface area contributed by atoms with Crippen LogP contribution in [0.25, 0.3) is 5.70 Å². The van der Waals surface area contributed by atoms with E-state index in [1.807, 2.05) is 0 Å². The van der Waals surface area contributed by atoms with Crippen molar-refractivity contribution in [3.63, 3.8) is 0 Å². The molecule has 0 aromatic heterocycles. The van der Waals surface area contributed by atoms with Crippen LogP contribution in [0.3, 0.4) is 0 Å². The summed E-state index contributed by atoms with van der Waals surface area (Å²) in [6.45, 7) is 0.465. The molecule has 5 heteroatoms. The van der Waals surface area contributed by atoms with E-state index < -0.39 is 11.7 Å². The lowest BCUT2D eigenvalue weighted by Gasteiger charge is -2.27. The Morgan fingerprint density at radius 2 is 1.67 bits per heavy atom. The van der Waals surface area contributed by atoms with Crippen molar-refractivity contribution in [1.29, 1.82) is 0 Å². The fraction of sp³-hybridized carbons (Fsp3) is 0.385. The van der Waals surface area contributed by atoms with Crippen LogP contribution in [0.4, 0.5) is 13.2 Å². The van der Waals surface area contributed by atoms with Crippen molar-refractivity contribution in [2.45, 2.75) is 12.6 Å². The summed E-state index contributed by atoms with van der Waals surface area (Å²) in [6, 6.07) is 6.54. The van der Waals surface area contributed by atoms with Crippen LogP contribution in [0.2, 0.25) is 5.02 Å². The number of halogens is 4. The number of alkyl halides is 3. The molecule has 0 N–H and O–H groups in total. The van der Waals surface area contributed by atoms with Gasteiger partial charge in [0, 0.05) is 17.0 Å². The topological polar surface area (TPSA) is 0 Å². The number of benzene rings is 1. The van der Waals surface area contributed by atoms with Crippen LogP contribution in [0.5, 0.6) is 0 Å². The van der Waals surface area contributed by atoms with Gasteiger partial charge in [0.15, 0.2) is 0 Å². The molecule has 0 unspecified atom stereocenters. The standard InChI is InChI=1S/C13H14ClF3N/c1-18(2)8-7-11(13(15,16)17)12(18)9-3-5-10(14)6-4-9/h3-6H,7-8H2,1-2H3/q+1. The number of hydrogen-bond donors (Lipinski definition) is 0. The molecule has 1 aromatic carbocycles. The number of quaternary nitrogens is 1. The van der Waals surface area contributed by atoms with Gasteiger partial charge < -0.3 is 0 Å². The van der Waals surface area contributed by atoms with Gasteiger partial charge in [-0.25, -0.2) is 0 Å². The zero-order valence-electron chi connectivity index (χ0n) is 10.2. The highest BCUT2D eigenvalue weighted by Gasteiger charge is 2.47. The maximum absolute atomic E-state index is 13.0. The molecule has 18 heavy (non-hydrogen) atoms. The molecule has 1 aliphatic heterocycles. The number of nitrogens with zero attached hydrogens (tertiary/aromatic N) is 1. The number of rotatable bonds is 1. The lowest BCUT2D eigenvalue weighted by molar-refractivity contribution is -0.812. The Morgan fingerprint density at radius 1 is 1.11 bits per heavy atom. The zero-order valence-corrected chi connectivity index (χ0v) is 10.9. The highest BCUT2D eigenvalue weighted by atomic mass is 35.5. The van der Waals surface area contributed by atoms with E-state index in [4.69, 9.17) is 11.6 Å². The first kappa shape index (κ1) is 13.4. The molecule has 0 spiro atoms. The Bertz CT molecular complexity index is 486. The molecule has 0 bridgehead atoms. The van der Waals surface area contributed by atoms with Gasteiger partial charge in [-0.05, 0) is 24.3 Å². The van der Waals surface area contributed by atoms with E-state index in [0.717, 1.165) is 0 Å². The lowest BCUT2D eigenvalue weighted by atomic mass is 10.1. The van der Waals surface area contributed by atoms with Gasteiger partial charge in [-0.2, -0.15) is 13.2 Å². The molecule has 0 saturated heterocycles. The second kappa shape index (κ2) is 4.28. The minimum Gasteiger partial charge on any atom is -0.295 e. The van der Waals surface area contributed by atoms with Gasteiger partial charge in [0.1, 0.15) is 11.3 Å². The van der Waals surface area contributed by atoms with Crippen molar-refractivity contribution in [1.82, 2.24) is 0 Å². The molecular weight excluding hydrogens is 263 g/mol. The van der Waals surface area contributed by atoms with Crippen molar-refractivity contribution in [2.75, 3.05) is 20.6 Å². The van der Waals surface area contributed by atoms with E-state index in [9.17, 15) is 13.2 Å². The maximum Gasteiger partial charge on any atom is 0.418 e. The minimum atomic E-state index is -4.26. The Hall–Kier alpha value is -1.00. The van der Waals surface area contributed by atoms with Crippen LogP contribution in [-0.2, 0) is 0 Å². The third-order valence-corrected chi connectivity index (χ3v) is 3.52. The van der Waals surface area contributed by atoms with Crippen LogP contribution < -0.4 is 0 Å². The summed E-state index contributed by atoms with van der Waals surface area (Å²) in [7, 11) is 3.59. The zero-order chi connectivity index (χ0) is 13.6. The SMILES string of the molecule is C[N+]1(C)CCC(C(F)(F)F)=C1c1ccc(Cl)cc1. The van der Waals surface area contributed by atoms with Gasteiger partial charge in [-0.15, -0.1) is 0 Å². The predicted octanol–water partition coefficient (Wildman–Crippen LogP) is 4.09. The fourth-order valence-electron chi connectivity index (χ4n) is 2.39. The molecule has 0 amide bonds. The lowest BCUT2D eigenvalue weighted by Crippen LogP contribution is -2.34. The predicted molar refractivity (Wildman–Crippen MR) is 66.0 cm³/mol. The smallest absolute Gasteiger partial charge is 0.295 e. The van der Waals surface area contributed by atoms with E-state index in [1.54, 1.807) is 38.4 Å². The van der Waals surface area contributed by atoms with Gasteiger partial charge in [0.2, 0.25) is 0 Å². The summed E-state index contributed by atoms with van der Waals surface area (Å²) < 4.78 is 39.3. The Labute approximate surface area is 109 Å². The Kier molecular flexibility index (Phi) is 3.19. The van der Waals surface area contributed by atoms with Crippen molar-refractivity contribution < 1.29 is 17.7 Å². The van der Waals surface area contributed by atoms with Gasteiger partial charge in [0.25, 0.3) is 0 Å². The maximum atomic E-state index is 13.0. The molecule has 0 radical (unpaired) electrons. The summed E-state index contributed by atoms with van der Waals surface area (Å²) in [4.78, 5) is 0. The average Bonchev–Trinajstić information content (AvgIpc) is 2.55. The molecule has 1 aromatic rings. The first-order valence-corrected chi connectivity index (χ1v) is 5.99. The van der Waals surface area contributed by atoms with E-state index in [1.165, 1.54) is 0 Å². The van der Waals surface area contributed by atoms with Crippen molar-refractivity contribution in [3.05, 3.63) is 40.4 Å². The summed E-state index contributed by atoms with van der Waals surface area (Å²) in [5.41, 5.74) is 0.517. The summed E-state index contributed by atoms with van der Waals surface area (Å²) >= 11 is 5.77. The molecule has 0 atom stereocenters. The second-order valence-corrected chi connectivity index (χ2v) is 5.43. The largest absolute Gasteiger partial charge is 0.418 e. The summed E-state index contributed by atoms with van der Waals surface area (Å²) in [5.74, 6) is 0. The third-order valence-electron chi connectivity index (χ3n) is 3.27. The van der Waals surface area contributed by atoms with E-state index in [-0.39, 0.29) is 10.9 Å². The average molecular weight is 277 g/mol. The minimum absolute atomic E-state index is 0.0639. The van der Waals surface area contributed by atoms with E-state index in [2.05, 4.69) is 0 Å². The molecule has 1 aliphatic rings. The molecule has 0 saturated carbocycles. The van der Waals surface area contributed by atoms with Crippen LogP contribution in [-0.4, -0.2) is 31.3 Å². The van der Waals surface area contributed by atoms with Gasteiger partial charge in [0.05, 0.1) is 20.6 Å². The molecule has 98 valence electrons. The highest BCUT2D eigenvalue weighted by Crippen LogP contribution is 2.43. The van der Waals surface area contributed by atoms with E-state index >= 15 is 0 Å². The van der Waals surface area contributed by atoms with Crippen LogP contribution in [0, 0.1) is 0 Å². The van der Waals surface area contributed by atoms with Crippen LogP contribution in [0.15, 0.2) is 29.8 Å².